The van der Waals surface area contributed by atoms with Crippen molar-refractivity contribution in [3.8, 4) is 11.5 Å². The summed E-state index contributed by atoms with van der Waals surface area (Å²) in [7, 11) is 1.52. The Morgan fingerprint density at radius 1 is 1.30 bits per heavy atom. The van der Waals surface area contributed by atoms with Gasteiger partial charge in [0.05, 0.1) is 7.11 Å². The Hall–Kier alpha value is -3.35. The molecule has 0 spiro atoms. The van der Waals surface area contributed by atoms with Crippen molar-refractivity contribution in [1.29, 1.82) is 0 Å². The number of anilines is 1. The minimum Gasteiger partial charge on any atom is -0.507 e. The lowest BCUT2D eigenvalue weighted by Crippen LogP contribution is -2.11. The van der Waals surface area contributed by atoms with Crippen molar-refractivity contribution in [2.24, 2.45) is 0 Å². The Morgan fingerprint density at radius 3 is 2.67 bits per heavy atom. The van der Waals surface area contributed by atoms with Gasteiger partial charge in [-0.1, -0.05) is 11.6 Å². The van der Waals surface area contributed by atoms with Gasteiger partial charge in [-0.2, -0.15) is 0 Å². The number of rotatable bonds is 7. The van der Waals surface area contributed by atoms with E-state index in [1.54, 1.807) is 0 Å². The second kappa shape index (κ2) is 8.98. The molecule has 3 rings (SSSR count). The molecular formula is C23H24FNO5. The highest BCUT2D eigenvalue weighted by atomic mass is 19.1. The molecule has 1 heterocycles. The third-order valence-electron chi connectivity index (χ3n) is 5.18. The maximum Gasteiger partial charge on any atom is 0.342 e. The fourth-order valence-electron chi connectivity index (χ4n) is 3.47. The zero-order chi connectivity index (χ0) is 21.8. The highest BCUT2D eigenvalue weighted by molar-refractivity contribution is 5.98. The van der Waals surface area contributed by atoms with Crippen molar-refractivity contribution in [1.82, 2.24) is 0 Å². The van der Waals surface area contributed by atoms with Crippen LogP contribution in [0.25, 0.3) is 0 Å². The summed E-state index contributed by atoms with van der Waals surface area (Å²) >= 11 is 0. The Balaban J connectivity index is 1.67. The normalized spacial score (nSPS) is 13.1. The van der Waals surface area contributed by atoms with Gasteiger partial charge in [0.15, 0.2) is 0 Å². The number of esters is 1. The molecule has 1 aliphatic heterocycles. The summed E-state index contributed by atoms with van der Waals surface area (Å²) in [5.74, 6) is -0.658. The largest absolute Gasteiger partial charge is 0.507 e. The number of ether oxygens (including phenoxy) is 2. The molecular weight excluding hydrogens is 389 g/mol. The number of amides is 1. The van der Waals surface area contributed by atoms with E-state index >= 15 is 0 Å². The zero-order valence-electron chi connectivity index (χ0n) is 17.2. The van der Waals surface area contributed by atoms with Crippen LogP contribution >= 0.6 is 0 Å². The molecule has 1 aliphatic rings. The molecule has 0 atom stereocenters. The van der Waals surface area contributed by atoms with Crippen LogP contribution in [0.1, 0.15) is 46.8 Å². The Bertz CT molecular complexity index is 1010. The van der Waals surface area contributed by atoms with E-state index in [0.717, 1.165) is 11.1 Å². The van der Waals surface area contributed by atoms with Gasteiger partial charge < -0.3 is 19.9 Å². The topological polar surface area (TPSA) is 84.9 Å². The van der Waals surface area contributed by atoms with Crippen molar-refractivity contribution < 1.29 is 28.6 Å². The Labute approximate surface area is 174 Å². The Kier molecular flexibility index (Phi) is 6.40. The van der Waals surface area contributed by atoms with Crippen molar-refractivity contribution in [3.05, 3.63) is 64.0 Å². The number of aromatic hydroxyl groups is 1. The van der Waals surface area contributed by atoms with E-state index in [0.29, 0.717) is 35.4 Å². The maximum atomic E-state index is 12.9. The van der Waals surface area contributed by atoms with Crippen molar-refractivity contribution in [3.63, 3.8) is 0 Å². The van der Waals surface area contributed by atoms with E-state index in [4.69, 9.17) is 9.47 Å². The molecule has 0 aromatic heterocycles. The molecule has 0 radical (unpaired) electrons. The smallest absolute Gasteiger partial charge is 0.342 e. The number of phenolic OH excluding ortho intramolecular Hbond substituents is 1. The predicted molar refractivity (Wildman–Crippen MR) is 110 cm³/mol. The molecule has 1 amide bonds. The average molecular weight is 413 g/mol. The first kappa shape index (κ1) is 21.4. The van der Waals surface area contributed by atoms with E-state index in [1.165, 1.54) is 31.4 Å². The van der Waals surface area contributed by atoms with Crippen LogP contribution in [0.2, 0.25) is 0 Å². The maximum absolute atomic E-state index is 12.9. The summed E-state index contributed by atoms with van der Waals surface area (Å²) in [5.41, 5.74) is 3.63. The quantitative estimate of drug-likeness (QED) is 0.518. The number of hydrogen-bond donors (Lipinski definition) is 2. The number of allylic oxidation sites excluding steroid dienone is 2. The van der Waals surface area contributed by atoms with Crippen molar-refractivity contribution in [2.75, 3.05) is 12.4 Å². The summed E-state index contributed by atoms with van der Waals surface area (Å²) in [6.45, 7) is 3.85. The molecule has 30 heavy (non-hydrogen) atoms. The third kappa shape index (κ3) is 4.45. The molecule has 7 heteroatoms. The van der Waals surface area contributed by atoms with Crippen molar-refractivity contribution >= 4 is 17.6 Å². The van der Waals surface area contributed by atoms with Gasteiger partial charge in [-0.25, -0.2) is 9.18 Å². The standard InChI is InChI=1S/C23H24FNO5/c1-13(5-11-19(26)25-16-8-6-15(24)7-9-16)4-10-17-21(27)20-18(12-30-23(20)28)14(2)22(17)29-3/h4,6-9,27H,5,10-12H2,1-3H3,(H,25,26). The third-order valence-corrected chi connectivity index (χ3v) is 5.18. The molecule has 158 valence electrons. The number of phenols is 1. The number of hydrogen-bond acceptors (Lipinski definition) is 5. The van der Waals surface area contributed by atoms with Crippen LogP contribution in [0.3, 0.4) is 0 Å². The summed E-state index contributed by atoms with van der Waals surface area (Å²) in [4.78, 5) is 24.1. The molecule has 2 aromatic carbocycles. The lowest BCUT2D eigenvalue weighted by Gasteiger charge is -2.15. The highest BCUT2D eigenvalue weighted by Crippen LogP contribution is 2.42. The lowest BCUT2D eigenvalue weighted by atomic mass is 9.94. The van der Waals surface area contributed by atoms with E-state index < -0.39 is 5.97 Å². The van der Waals surface area contributed by atoms with E-state index in [9.17, 15) is 19.1 Å². The van der Waals surface area contributed by atoms with E-state index in [2.05, 4.69) is 5.32 Å². The van der Waals surface area contributed by atoms with Gasteiger partial charge in [0.2, 0.25) is 5.91 Å². The molecule has 6 nitrogen and oxygen atoms in total. The molecule has 0 bridgehead atoms. The summed E-state index contributed by atoms with van der Waals surface area (Å²) in [5, 5.41) is 13.4. The first-order chi connectivity index (χ1) is 14.3. The van der Waals surface area contributed by atoms with Crippen LogP contribution in [0.15, 0.2) is 35.9 Å². The zero-order valence-corrected chi connectivity index (χ0v) is 17.2. The van der Waals surface area contributed by atoms with Gasteiger partial charge in [0.1, 0.15) is 29.5 Å². The number of benzene rings is 2. The van der Waals surface area contributed by atoms with Crippen molar-refractivity contribution in [2.45, 2.75) is 39.7 Å². The summed E-state index contributed by atoms with van der Waals surface area (Å²) < 4.78 is 23.5. The highest BCUT2D eigenvalue weighted by Gasteiger charge is 2.31. The molecule has 0 fully saturated rings. The molecule has 2 N–H and O–H groups in total. The van der Waals surface area contributed by atoms with Gasteiger partial charge in [0, 0.05) is 23.2 Å². The lowest BCUT2D eigenvalue weighted by molar-refractivity contribution is -0.116. The second-order valence-electron chi connectivity index (χ2n) is 7.22. The number of carbonyl (C=O) groups excluding carboxylic acids is 2. The number of carbonyl (C=O) groups is 2. The molecule has 0 saturated carbocycles. The predicted octanol–water partition coefficient (Wildman–Crippen LogP) is 4.43. The van der Waals surface area contributed by atoms with Crippen LogP contribution in [0, 0.1) is 12.7 Å². The van der Waals surface area contributed by atoms with Gasteiger partial charge >= 0.3 is 5.97 Å². The number of methoxy groups -OCH3 is 1. The number of halogens is 1. The van der Waals surface area contributed by atoms with Crippen LogP contribution in [0.5, 0.6) is 11.5 Å². The van der Waals surface area contributed by atoms with Crippen LogP contribution in [-0.2, 0) is 22.6 Å². The molecule has 0 aliphatic carbocycles. The fourth-order valence-corrected chi connectivity index (χ4v) is 3.47. The van der Waals surface area contributed by atoms with Gasteiger partial charge in [-0.3, -0.25) is 4.79 Å². The Morgan fingerprint density at radius 2 is 2.00 bits per heavy atom. The monoisotopic (exact) mass is 413 g/mol. The first-order valence-electron chi connectivity index (χ1n) is 9.61. The summed E-state index contributed by atoms with van der Waals surface area (Å²) in [6.07, 6.45) is 3.02. The SMILES string of the molecule is COc1c(C)c2c(c(O)c1CC=C(C)CCC(=O)Nc1ccc(F)cc1)C(=O)OC2. The van der Waals surface area contributed by atoms with Gasteiger partial charge in [-0.05, 0) is 56.5 Å². The first-order valence-corrected chi connectivity index (χ1v) is 9.61. The second-order valence-corrected chi connectivity index (χ2v) is 7.22. The molecule has 2 aromatic rings. The molecule has 0 unspecified atom stereocenters. The number of nitrogens with one attached hydrogen (secondary N) is 1. The van der Waals surface area contributed by atoms with Crippen LogP contribution in [-0.4, -0.2) is 24.1 Å². The summed E-state index contributed by atoms with van der Waals surface area (Å²) in [6, 6.07) is 5.59. The molecule has 0 saturated heterocycles. The van der Waals surface area contributed by atoms with Gasteiger partial charge in [-0.15, -0.1) is 0 Å². The van der Waals surface area contributed by atoms with Crippen LogP contribution in [0.4, 0.5) is 10.1 Å². The average Bonchev–Trinajstić information content (AvgIpc) is 3.11. The van der Waals surface area contributed by atoms with E-state index in [1.807, 2.05) is 19.9 Å². The van der Waals surface area contributed by atoms with E-state index in [-0.39, 0.29) is 36.1 Å². The minimum atomic E-state index is -0.535. The van der Waals surface area contributed by atoms with Crippen LogP contribution < -0.4 is 10.1 Å². The minimum absolute atomic E-state index is 0.118. The van der Waals surface area contributed by atoms with Gasteiger partial charge in [0.25, 0.3) is 0 Å². The number of cyclic esters (lactones) is 1. The number of fused-ring (bicyclic) bond motifs is 1. The fraction of sp³-hybridized carbons (Fsp3) is 0.304.